The van der Waals surface area contributed by atoms with Crippen LogP contribution in [0.3, 0.4) is 0 Å². The number of hydrogen-bond donors (Lipinski definition) is 2. The molecule has 0 aliphatic carbocycles. The normalized spacial score (nSPS) is 24.7. The summed E-state index contributed by atoms with van der Waals surface area (Å²) in [4.78, 5) is 15.8. The summed E-state index contributed by atoms with van der Waals surface area (Å²) in [6.07, 6.45) is 4.94. The van der Waals surface area contributed by atoms with Crippen LogP contribution in [0.5, 0.6) is 0 Å². The van der Waals surface area contributed by atoms with Gasteiger partial charge in [0.15, 0.2) is 0 Å². The molecule has 0 bridgehead atoms. The van der Waals surface area contributed by atoms with Gasteiger partial charge in [-0.3, -0.25) is 4.90 Å². The summed E-state index contributed by atoms with van der Waals surface area (Å²) in [6.45, 7) is 3.05. The fraction of sp³-hybridized carbons (Fsp3) is 0.588. The van der Waals surface area contributed by atoms with Crippen LogP contribution in [-0.2, 0) is 0 Å². The third kappa shape index (κ3) is 4.17. The number of rotatable bonds is 5. The lowest BCUT2D eigenvalue weighted by Crippen LogP contribution is -2.49. The molecular formula is C17H25N3OS. The minimum absolute atomic E-state index is 0.00825. The van der Waals surface area contributed by atoms with Crippen molar-refractivity contribution in [3.05, 3.63) is 30.3 Å². The van der Waals surface area contributed by atoms with E-state index in [-0.39, 0.29) is 6.03 Å². The molecule has 1 aromatic rings. The average molecular weight is 319 g/mol. The maximum Gasteiger partial charge on any atom is 0.315 e. The second-order valence-electron chi connectivity index (χ2n) is 6.06. The summed E-state index contributed by atoms with van der Waals surface area (Å²) >= 11 is 1.77. The molecule has 2 aliphatic rings. The zero-order valence-electron chi connectivity index (χ0n) is 13.0. The van der Waals surface area contributed by atoms with E-state index in [4.69, 9.17) is 0 Å². The lowest BCUT2D eigenvalue weighted by molar-refractivity contribution is 0.179. The van der Waals surface area contributed by atoms with Crippen LogP contribution in [0.2, 0.25) is 0 Å². The molecule has 0 spiro atoms. The quantitative estimate of drug-likeness (QED) is 0.648. The van der Waals surface area contributed by atoms with Crippen LogP contribution in [0.25, 0.3) is 0 Å². The summed E-state index contributed by atoms with van der Waals surface area (Å²) in [7, 11) is 0. The van der Waals surface area contributed by atoms with Gasteiger partial charge < -0.3 is 10.6 Å². The van der Waals surface area contributed by atoms with Crippen molar-refractivity contribution < 1.29 is 4.79 Å². The Bertz CT molecular complexity index is 482. The first kappa shape index (κ1) is 15.7. The summed E-state index contributed by atoms with van der Waals surface area (Å²) in [5.41, 5.74) is 0. The van der Waals surface area contributed by atoms with Crippen molar-refractivity contribution in [3.8, 4) is 0 Å². The monoisotopic (exact) mass is 319 g/mol. The van der Waals surface area contributed by atoms with Gasteiger partial charge in [0.1, 0.15) is 0 Å². The van der Waals surface area contributed by atoms with Gasteiger partial charge in [-0.1, -0.05) is 24.6 Å². The Balaban J connectivity index is 1.34. The molecule has 120 valence electrons. The molecule has 2 saturated heterocycles. The van der Waals surface area contributed by atoms with Crippen molar-refractivity contribution in [2.45, 2.75) is 42.7 Å². The number of amides is 2. The van der Waals surface area contributed by atoms with Crippen molar-refractivity contribution in [1.82, 2.24) is 15.5 Å². The van der Waals surface area contributed by atoms with E-state index in [0.29, 0.717) is 18.6 Å². The highest BCUT2D eigenvalue weighted by Crippen LogP contribution is 2.27. The van der Waals surface area contributed by atoms with E-state index in [2.05, 4.69) is 27.7 Å². The van der Waals surface area contributed by atoms with Crippen molar-refractivity contribution in [3.63, 3.8) is 0 Å². The van der Waals surface area contributed by atoms with Crippen LogP contribution in [-0.4, -0.2) is 48.4 Å². The van der Waals surface area contributed by atoms with Gasteiger partial charge in [0.2, 0.25) is 0 Å². The van der Waals surface area contributed by atoms with Crippen LogP contribution in [0.1, 0.15) is 25.7 Å². The predicted molar refractivity (Wildman–Crippen MR) is 91.3 cm³/mol. The van der Waals surface area contributed by atoms with E-state index in [9.17, 15) is 4.79 Å². The van der Waals surface area contributed by atoms with Gasteiger partial charge in [-0.25, -0.2) is 4.79 Å². The van der Waals surface area contributed by atoms with E-state index in [0.717, 1.165) is 18.7 Å². The van der Waals surface area contributed by atoms with Crippen molar-refractivity contribution in [1.29, 1.82) is 0 Å². The smallest absolute Gasteiger partial charge is 0.315 e. The lowest BCUT2D eigenvalue weighted by atomic mass is 9.99. The predicted octanol–water partition coefficient (Wildman–Crippen LogP) is 2.70. The van der Waals surface area contributed by atoms with E-state index < -0.39 is 0 Å². The second kappa shape index (κ2) is 7.88. The number of urea groups is 1. The Hall–Kier alpha value is -1.20. The average Bonchev–Trinajstić information content (AvgIpc) is 2.96. The number of hydrogen-bond acceptors (Lipinski definition) is 3. The molecule has 0 aromatic heterocycles. The molecule has 0 radical (unpaired) electrons. The molecule has 4 nitrogen and oxygen atoms in total. The van der Waals surface area contributed by atoms with E-state index in [1.165, 1.54) is 30.7 Å². The molecule has 2 N–H and O–H groups in total. The van der Waals surface area contributed by atoms with Crippen LogP contribution in [0.4, 0.5) is 4.79 Å². The third-order valence-electron chi connectivity index (χ3n) is 4.57. The first-order valence-electron chi connectivity index (χ1n) is 8.29. The molecule has 2 aliphatic heterocycles. The fourth-order valence-electron chi connectivity index (χ4n) is 3.49. The van der Waals surface area contributed by atoms with Crippen LogP contribution < -0.4 is 10.6 Å². The van der Waals surface area contributed by atoms with Crippen LogP contribution >= 0.6 is 11.8 Å². The first-order chi connectivity index (χ1) is 10.8. The molecular weight excluding hydrogens is 294 g/mol. The number of thioether (sulfide) groups is 1. The lowest BCUT2D eigenvalue weighted by Gasteiger charge is -2.32. The van der Waals surface area contributed by atoms with Crippen LogP contribution in [0, 0.1) is 0 Å². The Kier molecular flexibility index (Phi) is 5.62. The maximum atomic E-state index is 12.0. The number of nitrogens with zero attached hydrogens (tertiary/aromatic N) is 1. The number of fused-ring (bicyclic) bond motifs is 1. The summed E-state index contributed by atoms with van der Waals surface area (Å²) in [5.74, 6) is 0.900. The Morgan fingerprint density at radius 2 is 2.05 bits per heavy atom. The molecule has 5 heteroatoms. The molecule has 1 aromatic carbocycles. The summed E-state index contributed by atoms with van der Waals surface area (Å²) < 4.78 is 0. The molecule has 3 rings (SSSR count). The molecule has 2 atom stereocenters. The number of benzene rings is 1. The van der Waals surface area contributed by atoms with E-state index >= 15 is 0 Å². The van der Waals surface area contributed by atoms with Gasteiger partial charge >= 0.3 is 6.03 Å². The first-order valence-corrected chi connectivity index (χ1v) is 9.28. The topological polar surface area (TPSA) is 44.4 Å². The number of carbonyl (C=O) groups is 1. The van der Waals surface area contributed by atoms with Crippen molar-refractivity contribution in [2.75, 3.05) is 25.4 Å². The van der Waals surface area contributed by atoms with Gasteiger partial charge in [0.25, 0.3) is 0 Å². The van der Waals surface area contributed by atoms with Gasteiger partial charge in [-0.05, 0) is 37.9 Å². The molecule has 2 amide bonds. The zero-order valence-corrected chi connectivity index (χ0v) is 13.8. The molecule has 2 heterocycles. The van der Waals surface area contributed by atoms with Gasteiger partial charge in [0.05, 0.1) is 0 Å². The highest BCUT2D eigenvalue weighted by atomic mass is 32.2. The minimum Gasteiger partial charge on any atom is -0.337 e. The largest absolute Gasteiger partial charge is 0.337 e. The summed E-state index contributed by atoms with van der Waals surface area (Å²) in [5, 5.41) is 6.16. The number of piperidine rings is 1. The molecule has 22 heavy (non-hydrogen) atoms. The Morgan fingerprint density at radius 1 is 1.18 bits per heavy atom. The van der Waals surface area contributed by atoms with Crippen LogP contribution in [0.15, 0.2) is 35.2 Å². The maximum absolute atomic E-state index is 12.0. The minimum atomic E-state index is -0.00825. The zero-order chi connectivity index (χ0) is 15.2. The molecule has 2 fully saturated rings. The van der Waals surface area contributed by atoms with Crippen molar-refractivity contribution >= 4 is 17.8 Å². The third-order valence-corrected chi connectivity index (χ3v) is 5.59. The SMILES string of the molecule is O=C(NCCSc1ccccc1)NC1CCN2CCCCC12. The standard InChI is InChI=1S/C17H25N3OS/c21-17(18-10-13-22-14-6-2-1-3-7-14)19-15-9-12-20-11-5-4-8-16(15)20/h1-3,6-7,15-16H,4-5,8-13H2,(H2,18,19,21). The summed E-state index contributed by atoms with van der Waals surface area (Å²) in [6, 6.07) is 11.2. The number of carbonyl (C=O) groups excluding carboxylic acids is 1. The van der Waals surface area contributed by atoms with Gasteiger partial charge in [-0.2, -0.15) is 0 Å². The van der Waals surface area contributed by atoms with E-state index in [1.54, 1.807) is 11.8 Å². The fourth-order valence-corrected chi connectivity index (χ4v) is 4.27. The molecule has 2 unspecified atom stereocenters. The Morgan fingerprint density at radius 3 is 2.91 bits per heavy atom. The van der Waals surface area contributed by atoms with Gasteiger partial charge in [0, 0.05) is 35.8 Å². The highest BCUT2D eigenvalue weighted by molar-refractivity contribution is 7.99. The van der Waals surface area contributed by atoms with Crippen molar-refractivity contribution in [2.24, 2.45) is 0 Å². The Labute approximate surface area is 137 Å². The second-order valence-corrected chi connectivity index (χ2v) is 7.22. The molecule has 0 saturated carbocycles. The number of nitrogens with one attached hydrogen (secondary N) is 2. The van der Waals surface area contributed by atoms with E-state index in [1.807, 2.05) is 18.2 Å². The van der Waals surface area contributed by atoms with Gasteiger partial charge in [-0.15, -0.1) is 11.8 Å². The highest BCUT2D eigenvalue weighted by Gasteiger charge is 2.36.